The van der Waals surface area contributed by atoms with Crippen LogP contribution >= 0.6 is 0 Å². The highest BCUT2D eigenvalue weighted by molar-refractivity contribution is 5.91. The van der Waals surface area contributed by atoms with Gasteiger partial charge in [-0.05, 0) is 6.07 Å². The molecule has 0 aliphatic carbocycles. The Morgan fingerprint density at radius 1 is 1.32 bits per heavy atom. The Balaban J connectivity index is 1.57. The van der Waals surface area contributed by atoms with Gasteiger partial charge in [0.25, 0.3) is 11.9 Å². The van der Waals surface area contributed by atoms with Gasteiger partial charge in [-0.3, -0.25) is 9.59 Å². The van der Waals surface area contributed by atoms with Crippen molar-refractivity contribution in [3.8, 4) is 5.95 Å². The molecule has 1 N–H and O–H groups in total. The van der Waals surface area contributed by atoms with E-state index in [9.17, 15) is 14.4 Å². The average molecular weight is 352 g/mol. The number of piperidine rings is 1. The Morgan fingerprint density at radius 2 is 2.04 bits per heavy atom. The molecule has 136 valence electrons. The highest BCUT2D eigenvalue weighted by Gasteiger charge is 2.47. The van der Waals surface area contributed by atoms with E-state index in [1.165, 1.54) is 12.0 Å². The Kier molecular flexibility index (Phi) is 4.56. The Morgan fingerprint density at radius 3 is 2.64 bits per heavy atom. The van der Waals surface area contributed by atoms with Crippen LogP contribution in [0.2, 0.25) is 0 Å². The van der Waals surface area contributed by atoms with E-state index in [2.05, 4.69) is 0 Å². The van der Waals surface area contributed by atoms with E-state index in [0.29, 0.717) is 32.5 Å². The van der Waals surface area contributed by atoms with E-state index in [0.717, 1.165) is 0 Å². The molecule has 25 heavy (non-hydrogen) atoms. The zero-order valence-electron chi connectivity index (χ0n) is 13.9. The molecular formula is C16H20N2O7. The lowest BCUT2D eigenvalue weighted by atomic mass is 9.91. The summed E-state index contributed by atoms with van der Waals surface area (Å²) in [6, 6.07) is 3.15. The Bertz CT molecular complexity index is 676. The lowest BCUT2D eigenvalue weighted by Crippen LogP contribution is -2.48. The van der Waals surface area contributed by atoms with Crippen molar-refractivity contribution < 1.29 is 33.4 Å². The number of amides is 2. The predicted molar refractivity (Wildman–Crippen MR) is 83.4 cm³/mol. The zero-order valence-corrected chi connectivity index (χ0v) is 13.9. The molecule has 3 rings (SSSR count). The third kappa shape index (κ3) is 3.54. The van der Waals surface area contributed by atoms with Crippen LogP contribution in [0.15, 0.2) is 16.5 Å². The summed E-state index contributed by atoms with van der Waals surface area (Å²) in [6.07, 6.45) is 0.408. The van der Waals surface area contributed by atoms with Gasteiger partial charge in [-0.25, -0.2) is 4.79 Å². The van der Waals surface area contributed by atoms with Crippen LogP contribution in [-0.2, 0) is 9.53 Å². The minimum absolute atomic E-state index is 0.115. The number of hydrogen-bond donors (Lipinski definition) is 1. The molecule has 9 heteroatoms. The first-order valence-electron chi connectivity index (χ1n) is 8.05. The van der Waals surface area contributed by atoms with Crippen LogP contribution < -0.4 is 4.74 Å². The predicted octanol–water partition coefficient (Wildman–Crippen LogP) is 1.19. The summed E-state index contributed by atoms with van der Waals surface area (Å²) in [7, 11) is 1.46. The Hall–Kier alpha value is -2.71. The molecule has 2 amide bonds. The van der Waals surface area contributed by atoms with Gasteiger partial charge in [0.05, 0.1) is 20.1 Å². The largest absolute Gasteiger partial charge is 0.481 e. The fraction of sp³-hybridized carbons (Fsp3) is 0.562. The lowest BCUT2D eigenvalue weighted by Gasteiger charge is -2.37. The summed E-state index contributed by atoms with van der Waals surface area (Å²) in [4.78, 5) is 38.1. The second-order valence-electron chi connectivity index (χ2n) is 6.23. The fourth-order valence-corrected chi connectivity index (χ4v) is 3.17. The van der Waals surface area contributed by atoms with Crippen LogP contribution in [0, 0.1) is 0 Å². The number of carbonyl (C=O) groups is 3. The molecule has 2 fully saturated rings. The van der Waals surface area contributed by atoms with Gasteiger partial charge < -0.3 is 28.8 Å². The molecule has 2 saturated heterocycles. The van der Waals surface area contributed by atoms with Gasteiger partial charge >= 0.3 is 12.1 Å². The van der Waals surface area contributed by atoms with Crippen molar-refractivity contribution in [3.63, 3.8) is 0 Å². The molecule has 1 aromatic heterocycles. The number of aliphatic carboxylic acids is 1. The van der Waals surface area contributed by atoms with E-state index in [-0.39, 0.29) is 30.6 Å². The number of carboxylic acids is 1. The number of methoxy groups -OCH3 is 1. The van der Waals surface area contributed by atoms with E-state index in [1.807, 2.05) is 0 Å². The molecule has 0 unspecified atom stereocenters. The summed E-state index contributed by atoms with van der Waals surface area (Å²) in [5.74, 6) is -0.705. The van der Waals surface area contributed by atoms with E-state index in [1.54, 1.807) is 17.0 Å². The molecule has 0 saturated carbocycles. The van der Waals surface area contributed by atoms with Gasteiger partial charge in [0.2, 0.25) is 0 Å². The number of nitrogens with zero attached hydrogens (tertiary/aromatic N) is 2. The van der Waals surface area contributed by atoms with Crippen molar-refractivity contribution in [1.82, 2.24) is 9.80 Å². The maximum atomic E-state index is 12.4. The lowest BCUT2D eigenvalue weighted by molar-refractivity contribution is -0.137. The molecule has 0 atom stereocenters. The highest BCUT2D eigenvalue weighted by Crippen LogP contribution is 2.34. The second-order valence-corrected chi connectivity index (χ2v) is 6.23. The molecule has 3 heterocycles. The standard InChI is InChI=1S/C16H20N2O7/c1-23-13-3-2-11(24-13)14(21)17-8-5-16(6-9-17)10-18(15(22)25-16)7-4-12(19)20/h2-3H,4-10H2,1H3,(H,19,20). The molecule has 1 aromatic rings. The van der Waals surface area contributed by atoms with Gasteiger partial charge in [-0.1, -0.05) is 0 Å². The molecule has 2 aliphatic heterocycles. The van der Waals surface area contributed by atoms with Crippen molar-refractivity contribution in [3.05, 3.63) is 17.9 Å². The summed E-state index contributed by atoms with van der Waals surface area (Å²) < 4.78 is 15.7. The van der Waals surface area contributed by atoms with Crippen LogP contribution in [0.4, 0.5) is 4.79 Å². The molecule has 9 nitrogen and oxygen atoms in total. The van der Waals surface area contributed by atoms with Crippen LogP contribution in [0.1, 0.15) is 29.8 Å². The molecule has 0 aromatic carbocycles. The van der Waals surface area contributed by atoms with E-state index < -0.39 is 17.7 Å². The minimum Gasteiger partial charge on any atom is -0.481 e. The molecule has 2 aliphatic rings. The molecule has 0 radical (unpaired) electrons. The van der Waals surface area contributed by atoms with Crippen LogP contribution in [-0.4, -0.2) is 71.8 Å². The monoisotopic (exact) mass is 352 g/mol. The number of likely N-dealkylation sites (tertiary alicyclic amines) is 1. The van der Waals surface area contributed by atoms with Gasteiger partial charge in [0, 0.05) is 38.5 Å². The third-order valence-corrected chi connectivity index (χ3v) is 4.59. The second kappa shape index (κ2) is 6.66. The topological polar surface area (TPSA) is 110 Å². The first-order chi connectivity index (χ1) is 11.9. The van der Waals surface area contributed by atoms with E-state index in [4.69, 9.17) is 19.0 Å². The zero-order chi connectivity index (χ0) is 18.0. The van der Waals surface area contributed by atoms with Crippen LogP contribution in [0.25, 0.3) is 0 Å². The molecule has 1 spiro atoms. The maximum Gasteiger partial charge on any atom is 0.410 e. The van der Waals surface area contributed by atoms with Crippen LogP contribution in [0.3, 0.4) is 0 Å². The molecular weight excluding hydrogens is 332 g/mol. The van der Waals surface area contributed by atoms with Crippen LogP contribution in [0.5, 0.6) is 5.95 Å². The van der Waals surface area contributed by atoms with Crippen molar-refractivity contribution in [2.24, 2.45) is 0 Å². The first-order valence-corrected chi connectivity index (χ1v) is 8.05. The summed E-state index contributed by atoms with van der Waals surface area (Å²) >= 11 is 0. The summed E-state index contributed by atoms with van der Waals surface area (Å²) in [5, 5.41) is 8.74. The fourth-order valence-electron chi connectivity index (χ4n) is 3.17. The van der Waals surface area contributed by atoms with E-state index >= 15 is 0 Å². The average Bonchev–Trinajstić information content (AvgIpc) is 3.18. The van der Waals surface area contributed by atoms with Gasteiger partial charge in [0.1, 0.15) is 5.60 Å². The quantitative estimate of drug-likeness (QED) is 0.847. The maximum absolute atomic E-state index is 12.4. The Labute approximate surface area is 144 Å². The number of carboxylic acid groups (broad SMARTS) is 1. The third-order valence-electron chi connectivity index (χ3n) is 4.59. The van der Waals surface area contributed by atoms with Gasteiger partial charge in [-0.2, -0.15) is 0 Å². The van der Waals surface area contributed by atoms with Crippen molar-refractivity contribution >= 4 is 18.0 Å². The SMILES string of the molecule is COc1ccc(C(=O)N2CCC3(CC2)CN(CCC(=O)O)C(=O)O3)o1. The van der Waals surface area contributed by atoms with Crippen molar-refractivity contribution in [1.29, 1.82) is 0 Å². The smallest absolute Gasteiger partial charge is 0.410 e. The van der Waals surface area contributed by atoms with Gasteiger partial charge in [0.15, 0.2) is 5.76 Å². The minimum atomic E-state index is -0.956. The number of hydrogen-bond acceptors (Lipinski definition) is 6. The first kappa shape index (κ1) is 17.1. The normalized spacial score (nSPS) is 19.2. The highest BCUT2D eigenvalue weighted by atomic mass is 16.6. The number of rotatable bonds is 5. The number of ether oxygens (including phenoxy) is 2. The molecule has 0 bridgehead atoms. The van der Waals surface area contributed by atoms with Crippen molar-refractivity contribution in [2.75, 3.05) is 33.3 Å². The van der Waals surface area contributed by atoms with Gasteiger partial charge in [-0.15, -0.1) is 0 Å². The summed E-state index contributed by atoms with van der Waals surface area (Å²) in [5.41, 5.74) is -0.646. The van der Waals surface area contributed by atoms with Crippen molar-refractivity contribution in [2.45, 2.75) is 24.9 Å². The summed E-state index contributed by atoms with van der Waals surface area (Å²) in [6.45, 7) is 1.35. The number of furan rings is 1. The number of carbonyl (C=O) groups excluding carboxylic acids is 2.